The van der Waals surface area contributed by atoms with Crippen molar-refractivity contribution in [2.75, 3.05) is 0 Å². The van der Waals surface area contributed by atoms with E-state index in [-0.39, 0.29) is 32.7 Å². The van der Waals surface area contributed by atoms with Crippen molar-refractivity contribution >= 4 is 0 Å². The van der Waals surface area contributed by atoms with Gasteiger partial charge in [-0.1, -0.05) is 0 Å². The van der Waals surface area contributed by atoms with E-state index < -0.39 is 6.54 Å². The van der Waals surface area contributed by atoms with E-state index in [1.807, 2.05) is 0 Å². The Labute approximate surface area is 53.9 Å². The first-order valence-corrected chi connectivity index (χ1v) is 0.735. The molecule has 0 aromatic heterocycles. The molecule has 2 nitrogen and oxygen atoms in total. The van der Waals surface area contributed by atoms with Crippen LogP contribution >= 0.6 is 0 Å². The molecule has 5 heavy (non-hydrogen) atoms. The molecule has 0 spiro atoms. The fraction of sp³-hybridized carbons (Fsp3) is 1.00. The fourth-order valence-electron chi connectivity index (χ4n) is 0. The maximum atomic E-state index is 10.1. The monoisotopic (exact) mass is 155 g/mol. The van der Waals surface area contributed by atoms with Crippen molar-refractivity contribution in [2.45, 2.75) is 6.54 Å². The zero-order valence-corrected chi connectivity index (χ0v) is 5.27. The molecule has 0 rings (SSSR count). The van der Waals surface area contributed by atoms with Crippen molar-refractivity contribution in [1.82, 2.24) is 0 Å². The normalized spacial score (nSPS) is 7.20. The van der Waals surface area contributed by atoms with Crippen LogP contribution in [-0.2, 0) is 32.7 Å². The Morgan fingerprint density at radius 3 is 1.40 bits per heavy atom. The van der Waals surface area contributed by atoms with Gasteiger partial charge < -0.3 is 10.2 Å². The van der Waals surface area contributed by atoms with Crippen LogP contribution in [0, 0.1) is 0 Å². The Morgan fingerprint density at radius 2 is 1.40 bits per heavy atom. The van der Waals surface area contributed by atoms with Crippen molar-refractivity contribution in [1.29, 1.82) is 0 Å². The molecular weight excluding hydrogens is 152 g/mol. The van der Waals surface area contributed by atoms with E-state index in [4.69, 9.17) is 10.2 Å². The third-order valence-electron chi connectivity index (χ3n) is 0. The van der Waals surface area contributed by atoms with Gasteiger partial charge in [-0.25, -0.2) is 0 Å². The Balaban J connectivity index is 0. The van der Waals surface area contributed by atoms with Crippen LogP contribution in [0.15, 0.2) is 0 Å². The van der Waals surface area contributed by atoms with Gasteiger partial charge in [0.15, 0.2) is 0 Å². The minimum absolute atomic E-state index is 0. The Morgan fingerprint density at radius 1 is 1.40 bits per heavy atom. The summed E-state index contributed by atoms with van der Waals surface area (Å²) in [6.07, 6.45) is 0. The molecule has 0 aromatic rings. The second kappa shape index (κ2) is 4.95. The minimum atomic E-state index is -2.67. The summed E-state index contributed by atoms with van der Waals surface area (Å²) in [4.78, 5) is 0. The molecule has 1 radical (unpaired) electrons. The van der Waals surface area contributed by atoms with E-state index in [1.54, 1.807) is 0 Å². The molecule has 0 amide bonds. The van der Waals surface area contributed by atoms with Crippen molar-refractivity contribution in [3.8, 4) is 0 Å². The smallest absolute Gasteiger partial charge is 0.304 e. The van der Waals surface area contributed by atoms with Crippen molar-refractivity contribution in [3.05, 3.63) is 0 Å². The quantitative estimate of drug-likeness (QED) is 0.450. The number of aliphatic hydroxyl groups is 2. The van der Waals surface area contributed by atoms with Crippen LogP contribution in [-0.4, -0.2) is 16.8 Å². The topological polar surface area (TPSA) is 40.5 Å². The second-order valence-electron chi connectivity index (χ2n) is 0.311. The van der Waals surface area contributed by atoms with E-state index in [2.05, 4.69) is 0 Å². The van der Waals surface area contributed by atoms with E-state index in [0.29, 0.717) is 0 Å². The van der Waals surface area contributed by atoms with Crippen LogP contribution in [0.4, 0.5) is 4.39 Å². The van der Waals surface area contributed by atoms with Gasteiger partial charge in [0.1, 0.15) is 0 Å². The van der Waals surface area contributed by atoms with Gasteiger partial charge in [-0.2, -0.15) is 4.39 Å². The molecule has 0 bridgehead atoms. The number of aliphatic hydroxyl groups excluding tert-OH is 1. The first-order valence-electron chi connectivity index (χ1n) is 0.735. The molecule has 4 heteroatoms. The van der Waals surface area contributed by atoms with E-state index >= 15 is 0 Å². The van der Waals surface area contributed by atoms with Gasteiger partial charge in [-0.3, -0.25) is 0 Å². The van der Waals surface area contributed by atoms with Gasteiger partial charge >= 0.3 is 6.54 Å². The molecule has 0 aliphatic heterocycles. The van der Waals surface area contributed by atoms with Crippen LogP contribution in [0.5, 0.6) is 0 Å². The molecule has 0 saturated carbocycles. The second-order valence-corrected chi connectivity index (χ2v) is 0.311. The maximum Gasteiger partial charge on any atom is 0.304 e. The van der Waals surface area contributed by atoms with Gasteiger partial charge in [-0.15, -0.1) is 0 Å². The summed E-state index contributed by atoms with van der Waals surface area (Å²) in [5.41, 5.74) is 0. The SMILES string of the molecule is OC(O)F.[Y]. The number of rotatable bonds is 0. The zero-order chi connectivity index (χ0) is 3.58. The Hall–Kier alpha value is 0.954. The number of hydrogen-bond donors (Lipinski definition) is 2. The molecule has 0 aliphatic carbocycles. The number of hydrogen-bond acceptors (Lipinski definition) is 2. The third kappa shape index (κ3) is 47.5. The zero-order valence-electron chi connectivity index (χ0n) is 2.43. The predicted molar refractivity (Wildman–Crippen MR) is 9.33 cm³/mol. The fourth-order valence-corrected chi connectivity index (χ4v) is 0. The van der Waals surface area contributed by atoms with Crippen molar-refractivity contribution < 1.29 is 47.3 Å². The summed E-state index contributed by atoms with van der Waals surface area (Å²) >= 11 is 0. The number of halogens is 1. The molecular formula is CH3FO2Y. The molecule has 0 fully saturated rings. The van der Waals surface area contributed by atoms with Crippen molar-refractivity contribution in [3.63, 3.8) is 0 Å². The summed E-state index contributed by atoms with van der Waals surface area (Å²) in [5, 5.41) is 13.9. The van der Waals surface area contributed by atoms with Crippen LogP contribution in [0.1, 0.15) is 0 Å². The summed E-state index contributed by atoms with van der Waals surface area (Å²) in [7, 11) is 0. The first-order chi connectivity index (χ1) is 1.73. The van der Waals surface area contributed by atoms with Crippen LogP contribution in [0.3, 0.4) is 0 Å². The number of alkyl halides is 1. The molecule has 2 N–H and O–H groups in total. The molecule has 29 valence electrons. The van der Waals surface area contributed by atoms with Gasteiger partial charge in [0.05, 0.1) is 0 Å². The molecule has 0 aliphatic rings. The molecule has 0 atom stereocenters. The maximum absolute atomic E-state index is 10.1. The van der Waals surface area contributed by atoms with Crippen molar-refractivity contribution in [2.24, 2.45) is 0 Å². The van der Waals surface area contributed by atoms with E-state index in [9.17, 15) is 4.39 Å². The van der Waals surface area contributed by atoms with Gasteiger partial charge in [0.25, 0.3) is 0 Å². The predicted octanol–water partition coefficient (Wildman–Crippen LogP) is -0.778. The van der Waals surface area contributed by atoms with E-state index in [0.717, 1.165) is 0 Å². The third-order valence-corrected chi connectivity index (χ3v) is 0. The summed E-state index contributed by atoms with van der Waals surface area (Å²) < 4.78 is 10.1. The van der Waals surface area contributed by atoms with E-state index in [1.165, 1.54) is 0 Å². The van der Waals surface area contributed by atoms with Gasteiger partial charge in [0.2, 0.25) is 0 Å². The van der Waals surface area contributed by atoms with Gasteiger partial charge in [-0.05, 0) is 0 Å². The Bertz CT molecular complexity index is 14.4. The standard InChI is InChI=1S/CH3FO2.Y/c2-1(3)4;/h1,3-4H;. The van der Waals surface area contributed by atoms with Crippen LogP contribution in [0.2, 0.25) is 0 Å². The van der Waals surface area contributed by atoms with Crippen LogP contribution in [0.25, 0.3) is 0 Å². The minimum Gasteiger partial charge on any atom is -0.342 e. The average Bonchev–Trinajstić information content (AvgIpc) is 0.811. The summed E-state index contributed by atoms with van der Waals surface area (Å²) in [6.45, 7) is -2.67. The van der Waals surface area contributed by atoms with Crippen LogP contribution < -0.4 is 0 Å². The summed E-state index contributed by atoms with van der Waals surface area (Å²) in [6, 6.07) is 0. The summed E-state index contributed by atoms with van der Waals surface area (Å²) in [5.74, 6) is 0. The largest absolute Gasteiger partial charge is 0.342 e. The Kier molecular flexibility index (Phi) is 9.26. The molecule has 0 unspecified atom stereocenters. The first kappa shape index (κ1) is 9.35. The molecule has 0 heterocycles. The molecule has 0 saturated heterocycles. The molecule has 0 aromatic carbocycles. The van der Waals surface area contributed by atoms with Gasteiger partial charge in [0, 0.05) is 32.7 Å². The average molecular weight is 155 g/mol.